The maximum atomic E-state index is 4.21. The number of benzene rings is 1. The first kappa shape index (κ1) is 17.7. The van der Waals surface area contributed by atoms with Gasteiger partial charge in [-0.15, -0.1) is 5.10 Å². The van der Waals surface area contributed by atoms with Crippen LogP contribution in [0.4, 0.5) is 0 Å². The predicted octanol–water partition coefficient (Wildman–Crippen LogP) is 4.09. The van der Waals surface area contributed by atoms with Crippen LogP contribution in [0.2, 0.25) is 0 Å². The Hall–Kier alpha value is -1.68. The molecule has 1 heterocycles. The SMILES string of the molecule is CN(C)Cc1cn(-c2ccc(CCCCC(C)(C)C)cc2)nn1. The van der Waals surface area contributed by atoms with Crippen molar-refractivity contribution in [1.29, 1.82) is 0 Å². The summed E-state index contributed by atoms with van der Waals surface area (Å²) in [5, 5.41) is 8.42. The summed E-state index contributed by atoms with van der Waals surface area (Å²) in [5.74, 6) is 0. The summed E-state index contributed by atoms with van der Waals surface area (Å²) in [6.45, 7) is 7.74. The summed E-state index contributed by atoms with van der Waals surface area (Å²) in [6, 6.07) is 8.68. The van der Waals surface area contributed by atoms with Gasteiger partial charge in [0.25, 0.3) is 0 Å². The summed E-state index contributed by atoms with van der Waals surface area (Å²) in [6.07, 6.45) is 6.99. The standard InChI is InChI=1S/C19H30N4/c1-19(2,3)13-7-6-8-16-9-11-18(12-10-16)23-15-17(20-21-23)14-22(4)5/h9-12,15H,6-8,13-14H2,1-5H3. The van der Waals surface area contributed by atoms with Crippen LogP contribution in [0.15, 0.2) is 30.5 Å². The maximum Gasteiger partial charge on any atom is 0.0971 e. The Morgan fingerprint density at radius 3 is 2.35 bits per heavy atom. The molecule has 0 N–H and O–H groups in total. The van der Waals surface area contributed by atoms with Gasteiger partial charge in [0.2, 0.25) is 0 Å². The second-order valence-corrected chi connectivity index (χ2v) is 7.83. The summed E-state index contributed by atoms with van der Waals surface area (Å²) < 4.78 is 1.85. The van der Waals surface area contributed by atoms with Crippen LogP contribution < -0.4 is 0 Å². The van der Waals surface area contributed by atoms with Crippen LogP contribution in [0.5, 0.6) is 0 Å². The fourth-order valence-corrected chi connectivity index (χ4v) is 2.62. The van der Waals surface area contributed by atoms with Crippen LogP contribution in [0.25, 0.3) is 5.69 Å². The van der Waals surface area contributed by atoms with Gasteiger partial charge >= 0.3 is 0 Å². The van der Waals surface area contributed by atoms with E-state index in [-0.39, 0.29) is 0 Å². The number of aromatic nitrogens is 3. The molecule has 0 aliphatic heterocycles. The quantitative estimate of drug-likeness (QED) is 0.722. The second-order valence-electron chi connectivity index (χ2n) is 7.83. The molecule has 0 fully saturated rings. The van der Waals surface area contributed by atoms with Crippen molar-refractivity contribution in [2.24, 2.45) is 5.41 Å². The van der Waals surface area contributed by atoms with Gasteiger partial charge in [-0.2, -0.15) is 0 Å². The van der Waals surface area contributed by atoms with Gasteiger partial charge in [-0.1, -0.05) is 44.5 Å². The highest BCUT2D eigenvalue weighted by Gasteiger charge is 2.09. The van der Waals surface area contributed by atoms with Gasteiger partial charge in [0, 0.05) is 6.54 Å². The Morgan fingerprint density at radius 2 is 1.74 bits per heavy atom. The minimum Gasteiger partial charge on any atom is -0.303 e. The van der Waals surface area contributed by atoms with Gasteiger partial charge in [-0.25, -0.2) is 4.68 Å². The average molecular weight is 314 g/mol. The number of hydrogen-bond donors (Lipinski definition) is 0. The molecule has 4 nitrogen and oxygen atoms in total. The molecule has 2 rings (SSSR count). The number of rotatable bonds is 7. The minimum atomic E-state index is 0.446. The minimum absolute atomic E-state index is 0.446. The molecule has 1 aromatic carbocycles. The third kappa shape index (κ3) is 6.14. The van der Waals surface area contributed by atoms with E-state index in [0.29, 0.717) is 5.41 Å². The molecule has 126 valence electrons. The van der Waals surface area contributed by atoms with Gasteiger partial charge in [0.05, 0.1) is 17.6 Å². The van der Waals surface area contributed by atoms with Crippen LogP contribution >= 0.6 is 0 Å². The molecule has 0 spiro atoms. The van der Waals surface area contributed by atoms with Crippen LogP contribution in [0.3, 0.4) is 0 Å². The van der Waals surface area contributed by atoms with Crippen molar-refractivity contribution < 1.29 is 0 Å². The molecule has 0 amide bonds. The monoisotopic (exact) mass is 314 g/mol. The zero-order chi connectivity index (χ0) is 16.9. The van der Waals surface area contributed by atoms with Crippen LogP contribution in [-0.4, -0.2) is 34.0 Å². The van der Waals surface area contributed by atoms with Crippen molar-refractivity contribution in [2.75, 3.05) is 14.1 Å². The highest BCUT2D eigenvalue weighted by Crippen LogP contribution is 2.22. The molecule has 0 saturated carbocycles. The lowest BCUT2D eigenvalue weighted by molar-refractivity contribution is 0.360. The van der Waals surface area contributed by atoms with Gasteiger partial charge in [-0.3, -0.25) is 0 Å². The lowest BCUT2D eigenvalue weighted by atomic mass is 9.89. The summed E-state index contributed by atoms with van der Waals surface area (Å²) in [5.41, 5.74) is 3.90. The fraction of sp³-hybridized carbons (Fsp3) is 0.579. The number of nitrogens with zero attached hydrogens (tertiary/aromatic N) is 4. The van der Waals surface area contributed by atoms with E-state index < -0.39 is 0 Å². The molecule has 4 heteroatoms. The molecular formula is C19H30N4. The van der Waals surface area contributed by atoms with Crippen molar-refractivity contribution in [3.8, 4) is 5.69 Å². The summed E-state index contributed by atoms with van der Waals surface area (Å²) in [7, 11) is 4.07. The van der Waals surface area contributed by atoms with Crippen molar-refractivity contribution in [1.82, 2.24) is 19.9 Å². The van der Waals surface area contributed by atoms with Crippen molar-refractivity contribution >= 4 is 0 Å². The Labute approximate surface area is 140 Å². The summed E-state index contributed by atoms with van der Waals surface area (Å²) >= 11 is 0. The highest BCUT2D eigenvalue weighted by atomic mass is 15.4. The average Bonchev–Trinajstić information content (AvgIpc) is 2.91. The lowest BCUT2D eigenvalue weighted by Gasteiger charge is -2.17. The molecule has 0 radical (unpaired) electrons. The van der Waals surface area contributed by atoms with Crippen LogP contribution in [0.1, 0.15) is 51.3 Å². The Balaban J connectivity index is 1.88. The Bertz CT molecular complexity index is 591. The fourth-order valence-electron chi connectivity index (χ4n) is 2.62. The van der Waals surface area contributed by atoms with E-state index in [1.54, 1.807) is 0 Å². The molecule has 0 aliphatic rings. The molecule has 0 aliphatic carbocycles. The first-order valence-corrected chi connectivity index (χ1v) is 8.49. The normalized spacial score (nSPS) is 12.1. The van der Waals surface area contributed by atoms with Crippen LogP contribution in [0, 0.1) is 5.41 Å². The van der Waals surface area contributed by atoms with Gasteiger partial charge < -0.3 is 4.90 Å². The molecule has 0 unspecified atom stereocenters. The molecule has 0 saturated heterocycles. The molecule has 0 atom stereocenters. The number of aryl methyl sites for hydroxylation is 1. The van der Waals surface area contributed by atoms with Gasteiger partial charge in [0.1, 0.15) is 0 Å². The molecule has 23 heavy (non-hydrogen) atoms. The Morgan fingerprint density at radius 1 is 1.04 bits per heavy atom. The van der Waals surface area contributed by atoms with Crippen LogP contribution in [-0.2, 0) is 13.0 Å². The lowest BCUT2D eigenvalue weighted by Crippen LogP contribution is -2.10. The third-order valence-corrected chi connectivity index (χ3v) is 3.86. The zero-order valence-corrected chi connectivity index (χ0v) is 15.2. The molecule has 0 bridgehead atoms. The van der Waals surface area contributed by atoms with E-state index in [4.69, 9.17) is 0 Å². The van der Waals surface area contributed by atoms with E-state index in [9.17, 15) is 0 Å². The van der Waals surface area contributed by atoms with E-state index in [2.05, 4.69) is 60.2 Å². The summed E-state index contributed by atoms with van der Waals surface area (Å²) in [4.78, 5) is 2.09. The topological polar surface area (TPSA) is 34.0 Å². The first-order valence-electron chi connectivity index (χ1n) is 8.49. The largest absolute Gasteiger partial charge is 0.303 e. The highest BCUT2D eigenvalue weighted by molar-refractivity contribution is 5.33. The number of unbranched alkanes of at least 4 members (excludes halogenated alkanes) is 1. The predicted molar refractivity (Wildman–Crippen MR) is 95.8 cm³/mol. The van der Waals surface area contributed by atoms with Crippen molar-refractivity contribution in [3.63, 3.8) is 0 Å². The zero-order valence-electron chi connectivity index (χ0n) is 15.2. The van der Waals surface area contributed by atoms with E-state index in [1.165, 1.54) is 24.8 Å². The van der Waals surface area contributed by atoms with E-state index in [1.807, 2.05) is 25.0 Å². The second kappa shape index (κ2) is 7.73. The number of hydrogen-bond acceptors (Lipinski definition) is 3. The van der Waals surface area contributed by atoms with Gasteiger partial charge in [-0.05, 0) is 56.5 Å². The van der Waals surface area contributed by atoms with Gasteiger partial charge in [0.15, 0.2) is 0 Å². The van der Waals surface area contributed by atoms with E-state index >= 15 is 0 Å². The molecule has 1 aromatic heterocycles. The molecule has 2 aromatic rings. The smallest absolute Gasteiger partial charge is 0.0971 e. The molecular weight excluding hydrogens is 284 g/mol. The Kier molecular flexibility index (Phi) is 5.94. The third-order valence-electron chi connectivity index (χ3n) is 3.86. The van der Waals surface area contributed by atoms with Crippen molar-refractivity contribution in [2.45, 2.75) is 53.0 Å². The maximum absolute atomic E-state index is 4.21. The van der Waals surface area contributed by atoms with Crippen molar-refractivity contribution in [3.05, 3.63) is 41.7 Å². The first-order chi connectivity index (χ1) is 10.8. The van der Waals surface area contributed by atoms with E-state index in [0.717, 1.165) is 24.3 Å².